The van der Waals surface area contributed by atoms with Crippen LogP contribution in [-0.4, -0.2) is 14.9 Å². The third kappa shape index (κ3) is 2.24. The highest BCUT2D eigenvalue weighted by atomic mass is 16.3. The van der Waals surface area contributed by atoms with E-state index in [1.54, 1.807) is 13.8 Å². The molecule has 17 heavy (non-hydrogen) atoms. The van der Waals surface area contributed by atoms with Gasteiger partial charge in [-0.15, -0.1) is 0 Å². The molecule has 0 bridgehead atoms. The minimum absolute atomic E-state index is 0.859. The second kappa shape index (κ2) is 4.00. The summed E-state index contributed by atoms with van der Waals surface area (Å²) >= 11 is 0. The molecular formula is C14H18N2O. The number of hydrogen-bond donors (Lipinski definition) is 1. The van der Waals surface area contributed by atoms with Gasteiger partial charge in [-0.05, 0) is 32.4 Å². The van der Waals surface area contributed by atoms with E-state index >= 15 is 0 Å². The lowest BCUT2D eigenvalue weighted by Gasteiger charge is -2.20. The molecule has 0 fully saturated rings. The SMILES string of the molecule is Cc1cc(-c2ccccc2C(C)(C)O)nn1C. The lowest BCUT2D eigenvalue weighted by Crippen LogP contribution is -2.16. The molecule has 0 aliphatic carbocycles. The first-order chi connectivity index (χ1) is 7.89. The number of hydrogen-bond acceptors (Lipinski definition) is 2. The summed E-state index contributed by atoms with van der Waals surface area (Å²) in [7, 11) is 1.92. The molecule has 0 unspecified atom stereocenters. The molecule has 0 saturated heterocycles. The summed E-state index contributed by atoms with van der Waals surface area (Å²) < 4.78 is 1.84. The van der Waals surface area contributed by atoms with Crippen LogP contribution >= 0.6 is 0 Å². The van der Waals surface area contributed by atoms with E-state index in [0.29, 0.717) is 0 Å². The Kier molecular flexibility index (Phi) is 2.79. The maximum Gasteiger partial charge on any atom is 0.0929 e. The number of aliphatic hydroxyl groups is 1. The van der Waals surface area contributed by atoms with Crippen molar-refractivity contribution in [1.29, 1.82) is 0 Å². The van der Waals surface area contributed by atoms with E-state index < -0.39 is 5.60 Å². The fourth-order valence-corrected chi connectivity index (χ4v) is 1.93. The molecule has 2 aromatic rings. The smallest absolute Gasteiger partial charge is 0.0929 e. The second-order valence-electron chi connectivity index (χ2n) is 4.90. The van der Waals surface area contributed by atoms with Crippen LogP contribution in [0.3, 0.4) is 0 Å². The third-order valence-electron chi connectivity index (χ3n) is 2.98. The minimum atomic E-state index is -0.859. The van der Waals surface area contributed by atoms with E-state index in [0.717, 1.165) is 22.5 Å². The van der Waals surface area contributed by atoms with Crippen LogP contribution in [0.25, 0.3) is 11.3 Å². The van der Waals surface area contributed by atoms with E-state index in [1.165, 1.54) is 0 Å². The molecule has 0 spiro atoms. The third-order valence-corrected chi connectivity index (χ3v) is 2.98. The van der Waals surface area contributed by atoms with Crippen molar-refractivity contribution >= 4 is 0 Å². The zero-order chi connectivity index (χ0) is 12.6. The van der Waals surface area contributed by atoms with Crippen molar-refractivity contribution < 1.29 is 5.11 Å². The van der Waals surface area contributed by atoms with Gasteiger partial charge >= 0.3 is 0 Å². The molecule has 1 heterocycles. The predicted molar refractivity (Wildman–Crippen MR) is 68.6 cm³/mol. The molecule has 2 rings (SSSR count). The molecule has 1 aromatic carbocycles. The fraction of sp³-hybridized carbons (Fsp3) is 0.357. The van der Waals surface area contributed by atoms with Crippen LogP contribution in [0.4, 0.5) is 0 Å². The lowest BCUT2D eigenvalue weighted by atomic mass is 9.92. The van der Waals surface area contributed by atoms with Gasteiger partial charge in [0.25, 0.3) is 0 Å². The summed E-state index contributed by atoms with van der Waals surface area (Å²) in [4.78, 5) is 0. The van der Waals surface area contributed by atoms with Gasteiger partial charge in [0.15, 0.2) is 0 Å². The zero-order valence-corrected chi connectivity index (χ0v) is 10.7. The molecule has 0 radical (unpaired) electrons. The zero-order valence-electron chi connectivity index (χ0n) is 10.7. The topological polar surface area (TPSA) is 38.1 Å². The van der Waals surface area contributed by atoms with E-state index in [9.17, 15) is 5.11 Å². The second-order valence-corrected chi connectivity index (χ2v) is 4.90. The lowest BCUT2D eigenvalue weighted by molar-refractivity contribution is 0.0792. The van der Waals surface area contributed by atoms with Crippen LogP contribution in [0.1, 0.15) is 25.1 Å². The normalized spacial score (nSPS) is 11.8. The van der Waals surface area contributed by atoms with Gasteiger partial charge in [-0.3, -0.25) is 4.68 Å². The maximum absolute atomic E-state index is 10.2. The van der Waals surface area contributed by atoms with E-state index in [1.807, 2.05) is 49.0 Å². The summed E-state index contributed by atoms with van der Waals surface area (Å²) in [5, 5.41) is 14.6. The average molecular weight is 230 g/mol. The van der Waals surface area contributed by atoms with Crippen LogP contribution in [0.2, 0.25) is 0 Å². The van der Waals surface area contributed by atoms with Crippen molar-refractivity contribution in [2.75, 3.05) is 0 Å². The Balaban J connectivity index is 2.60. The van der Waals surface area contributed by atoms with Gasteiger partial charge in [-0.25, -0.2) is 0 Å². The molecule has 3 nitrogen and oxygen atoms in total. The highest BCUT2D eigenvalue weighted by molar-refractivity contribution is 5.65. The number of benzene rings is 1. The van der Waals surface area contributed by atoms with Gasteiger partial charge in [0, 0.05) is 18.3 Å². The van der Waals surface area contributed by atoms with Crippen molar-refractivity contribution in [3.8, 4) is 11.3 Å². The average Bonchev–Trinajstić information content (AvgIpc) is 2.58. The molecule has 0 saturated carbocycles. The Morgan fingerprint density at radius 2 is 1.88 bits per heavy atom. The molecule has 0 atom stereocenters. The molecule has 0 amide bonds. The van der Waals surface area contributed by atoms with Crippen LogP contribution in [0, 0.1) is 6.92 Å². The van der Waals surface area contributed by atoms with Crippen molar-refractivity contribution in [1.82, 2.24) is 9.78 Å². The summed E-state index contributed by atoms with van der Waals surface area (Å²) in [6, 6.07) is 9.88. The largest absolute Gasteiger partial charge is 0.386 e. The fourth-order valence-electron chi connectivity index (χ4n) is 1.93. The van der Waals surface area contributed by atoms with Gasteiger partial charge in [-0.2, -0.15) is 5.10 Å². The number of aryl methyl sites for hydroxylation is 2. The van der Waals surface area contributed by atoms with Crippen LogP contribution in [-0.2, 0) is 12.6 Å². The molecule has 3 heteroatoms. The number of nitrogens with zero attached hydrogens (tertiary/aromatic N) is 2. The Hall–Kier alpha value is -1.61. The standard InChI is InChI=1S/C14H18N2O/c1-10-9-13(15-16(10)4)11-7-5-6-8-12(11)14(2,3)17/h5-9,17H,1-4H3. The van der Waals surface area contributed by atoms with Gasteiger partial charge in [0.1, 0.15) is 0 Å². The molecule has 0 aliphatic rings. The van der Waals surface area contributed by atoms with Gasteiger partial charge in [-0.1, -0.05) is 24.3 Å². The van der Waals surface area contributed by atoms with Crippen molar-refractivity contribution in [2.45, 2.75) is 26.4 Å². The number of aromatic nitrogens is 2. The molecule has 1 aromatic heterocycles. The monoisotopic (exact) mass is 230 g/mol. The summed E-state index contributed by atoms with van der Waals surface area (Å²) in [5.41, 5.74) is 3.04. The minimum Gasteiger partial charge on any atom is -0.386 e. The van der Waals surface area contributed by atoms with Gasteiger partial charge in [0.2, 0.25) is 0 Å². The van der Waals surface area contributed by atoms with E-state index in [2.05, 4.69) is 5.10 Å². The Labute approximate surface area is 102 Å². The Morgan fingerprint density at radius 1 is 1.24 bits per heavy atom. The maximum atomic E-state index is 10.2. The highest BCUT2D eigenvalue weighted by Crippen LogP contribution is 2.30. The van der Waals surface area contributed by atoms with Crippen molar-refractivity contribution in [3.63, 3.8) is 0 Å². The first-order valence-corrected chi connectivity index (χ1v) is 5.72. The molecule has 1 N–H and O–H groups in total. The van der Waals surface area contributed by atoms with Crippen molar-refractivity contribution in [3.05, 3.63) is 41.6 Å². The quantitative estimate of drug-likeness (QED) is 0.861. The Morgan fingerprint density at radius 3 is 2.41 bits per heavy atom. The summed E-state index contributed by atoms with van der Waals surface area (Å²) in [6.07, 6.45) is 0. The summed E-state index contributed by atoms with van der Waals surface area (Å²) in [6.45, 7) is 5.60. The highest BCUT2D eigenvalue weighted by Gasteiger charge is 2.21. The first-order valence-electron chi connectivity index (χ1n) is 5.72. The van der Waals surface area contributed by atoms with Gasteiger partial charge in [0.05, 0.1) is 11.3 Å². The predicted octanol–water partition coefficient (Wildman–Crippen LogP) is 2.62. The Bertz CT molecular complexity index is 516. The molecule has 0 aliphatic heterocycles. The van der Waals surface area contributed by atoms with Crippen LogP contribution in [0.5, 0.6) is 0 Å². The molecular weight excluding hydrogens is 212 g/mol. The van der Waals surface area contributed by atoms with E-state index in [4.69, 9.17) is 0 Å². The van der Waals surface area contributed by atoms with Gasteiger partial charge < -0.3 is 5.11 Å². The van der Waals surface area contributed by atoms with Crippen molar-refractivity contribution in [2.24, 2.45) is 7.05 Å². The summed E-state index contributed by atoms with van der Waals surface area (Å²) in [5.74, 6) is 0. The molecule has 90 valence electrons. The van der Waals surface area contributed by atoms with Crippen LogP contribution in [0.15, 0.2) is 30.3 Å². The first kappa shape index (κ1) is 11.9. The van der Waals surface area contributed by atoms with E-state index in [-0.39, 0.29) is 0 Å². The number of rotatable bonds is 2. The van der Waals surface area contributed by atoms with Crippen LogP contribution < -0.4 is 0 Å².